The third kappa shape index (κ3) is 3.27. The first-order valence-electron chi connectivity index (χ1n) is 7.18. The van der Waals surface area contributed by atoms with Crippen molar-refractivity contribution in [2.24, 2.45) is 7.05 Å². The lowest BCUT2D eigenvalue weighted by atomic mass is 10.2. The lowest BCUT2D eigenvalue weighted by Crippen LogP contribution is -2.21. The molecule has 0 spiro atoms. The topological polar surface area (TPSA) is 46.0 Å². The Kier molecular flexibility index (Phi) is 4.68. The van der Waals surface area contributed by atoms with Crippen LogP contribution in [-0.2, 0) is 13.6 Å². The molecule has 0 fully saturated rings. The Hall–Kier alpha value is -1.40. The molecular weight excluding hydrogens is 282 g/mol. The predicted molar refractivity (Wildman–Crippen MR) is 89.1 cm³/mol. The molecule has 2 aromatic rings. The number of aryl methyl sites for hydroxylation is 4. The molecule has 2 heterocycles. The van der Waals surface area contributed by atoms with Gasteiger partial charge in [-0.1, -0.05) is 0 Å². The third-order valence-electron chi connectivity index (χ3n) is 3.65. The zero-order valence-electron chi connectivity index (χ0n) is 14.0. The molecule has 0 amide bonds. The van der Waals surface area contributed by atoms with Crippen LogP contribution < -0.4 is 10.2 Å². The van der Waals surface area contributed by atoms with Gasteiger partial charge in [-0.15, -0.1) is 11.3 Å². The van der Waals surface area contributed by atoms with Gasteiger partial charge < -0.3 is 10.2 Å². The van der Waals surface area contributed by atoms with Gasteiger partial charge in [-0.05, 0) is 27.7 Å². The van der Waals surface area contributed by atoms with Gasteiger partial charge in [0.15, 0.2) is 0 Å². The van der Waals surface area contributed by atoms with Crippen LogP contribution in [0.1, 0.15) is 39.8 Å². The normalized spacial score (nSPS) is 12.7. The van der Waals surface area contributed by atoms with Crippen LogP contribution in [0.15, 0.2) is 0 Å². The van der Waals surface area contributed by atoms with E-state index in [1.54, 1.807) is 11.3 Å². The van der Waals surface area contributed by atoms with E-state index in [-0.39, 0.29) is 0 Å². The summed E-state index contributed by atoms with van der Waals surface area (Å²) in [5.74, 6) is 1.16. The van der Waals surface area contributed by atoms with Crippen LogP contribution in [0.3, 0.4) is 0 Å². The Morgan fingerprint density at radius 1 is 1.24 bits per heavy atom. The summed E-state index contributed by atoms with van der Waals surface area (Å²) in [5.41, 5.74) is 3.47. The minimum Gasteiger partial charge on any atom is -0.363 e. The van der Waals surface area contributed by atoms with Crippen molar-refractivity contribution in [3.05, 3.63) is 26.8 Å². The van der Waals surface area contributed by atoms with Crippen LogP contribution in [0, 0.1) is 20.8 Å². The van der Waals surface area contributed by atoms with Crippen LogP contribution in [0.2, 0.25) is 0 Å². The molecular formula is C15H25N5S. The molecule has 2 aromatic heterocycles. The van der Waals surface area contributed by atoms with Crippen molar-refractivity contribution in [2.75, 3.05) is 19.0 Å². The molecule has 1 atom stereocenters. The van der Waals surface area contributed by atoms with Crippen LogP contribution in [0.5, 0.6) is 0 Å². The molecule has 0 aliphatic rings. The molecule has 6 heteroatoms. The summed E-state index contributed by atoms with van der Waals surface area (Å²) in [6.07, 6.45) is 0. The zero-order valence-corrected chi connectivity index (χ0v) is 14.8. The van der Waals surface area contributed by atoms with Gasteiger partial charge in [0.05, 0.1) is 16.4 Å². The number of nitrogens with one attached hydrogen (secondary N) is 1. The third-order valence-corrected chi connectivity index (χ3v) is 4.91. The quantitative estimate of drug-likeness (QED) is 0.922. The molecule has 0 aliphatic carbocycles. The zero-order chi connectivity index (χ0) is 15.7. The molecule has 0 bridgehead atoms. The highest BCUT2D eigenvalue weighted by Gasteiger charge is 2.17. The minimum atomic E-state index is 0.297. The number of hydrogen-bond acceptors (Lipinski definition) is 5. The highest BCUT2D eigenvalue weighted by atomic mass is 32.1. The SMILES string of the molecule is Cc1nc(C)c(C(C)NCc2c(C)nn(C)c2N(C)C)s1. The second kappa shape index (κ2) is 6.15. The van der Waals surface area contributed by atoms with Gasteiger partial charge in [0.25, 0.3) is 0 Å². The van der Waals surface area contributed by atoms with Crippen molar-refractivity contribution in [1.29, 1.82) is 0 Å². The Morgan fingerprint density at radius 3 is 2.43 bits per heavy atom. The maximum atomic E-state index is 4.53. The summed E-state index contributed by atoms with van der Waals surface area (Å²) in [7, 11) is 6.10. The summed E-state index contributed by atoms with van der Waals surface area (Å²) >= 11 is 1.77. The van der Waals surface area contributed by atoms with Crippen molar-refractivity contribution >= 4 is 17.2 Å². The van der Waals surface area contributed by atoms with Crippen molar-refractivity contribution < 1.29 is 0 Å². The van der Waals surface area contributed by atoms with Gasteiger partial charge in [0.1, 0.15) is 5.82 Å². The van der Waals surface area contributed by atoms with E-state index >= 15 is 0 Å². The number of thiazole rings is 1. The first-order valence-corrected chi connectivity index (χ1v) is 8.00. The van der Waals surface area contributed by atoms with Crippen molar-refractivity contribution in [3.8, 4) is 0 Å². The number of anilines is 1. The summed E-state index contributed by atoms with van der Waals surface area (Å²) in [6, 6.07) is 0.297. The lowest BCUT2D eigenvalue weighted by Gasteiger charge is -2.17. The standard InChI is InChI=1S/C15H25N5S/c1-9-13(15(19(5)6)20(7)18-9)8-16-10(2)14-11(3)17-12(4)21-14/h10,16H,8H2,1-7H3. The molecule has 21 heavy (non-hydrogen) atoms. The van der Waals surface area contributed by atoms with Gasteiger partial charge in [0, 0.05) is 44.2 Å². The fraction of sp³-hybridized carbons (Fsp3) is 0.600. The molecule has 0 aliphatic heterocycles. The number of rotatable bonds is 5. The van der Waals surface area contributed by atoms with E-state index in [2.05, 4.69) is 62.1 Å². The largest absolute Gasteiger partial charge is 0.363 e. The fourth-order valence-corrected chi connectivity index (χ4v) is 3.71. The molecule has 0 aromatic carbocycles. The minimum absolute atomic E-state index is 0.297. The molecule has 2 rings (SSSR count). The smallest absolute Gasteiger partial charge is 0.130 e. The second-order valence-electron chi connectivity index (χ2n) is 5.69. The first-order chi connectivity index (χ1) is 9.81. The van der Waals surface area contributed by atoms with Gasteiger partial charge >= 0.3 is 0 Å². The Labute approximate surface area is 131 Å². The molecule has 1 N–H and O–H groups in total. The molecule has 0 saturated carbocycles. The number of hydrogen-bond donors (Lipinski definition) is 1. The predicted octanol–water partition coefficient (Wildman–Crippen LogP) is 2.72. The maximum Gasteiger partial charge on any atom is 0.130 e. The van der Waals surface area contributed by atoms with E-state index in [0.717, 1.165) is 28.8 Å². The lowest BCUT2D eigenvalue weighted by molar-refractivity contribution is 0.578. The Morgan fingerprint density at radius 2 is 1.90 bits per heavy atom. The van der Waals surface area contributed by atoms with E-state index in [0.29, 0.717) is 6.04 Å². The molecule has 1 unspecified atom stereocenters. The average molecular weight is 307 g/mol. The van der Waals surface area contributed by atoms with Gasteiger partial charge in [-0.3, -0.25) is 4.68 Å². The van der Waals surface area contributed by atoms with E-state index < -0.39 is 0 Å². The van der Waals surface area contributed by atoms with Crippen LogP contribution >= 0.6 is 11.3 Å². The van der Waals surface area contributed by atoms with E-state index in [1.807, 2.05) is 11.7 Å². The van der Waals surface area contributed by atoms with Crippen LogP contribution in [0.25, 0.3) is 0 Å². The first kappa shape index (κ1) is 16.0. The highest BCUT2D eigenvalue weighted by molar-refractivity contribution is 7.11. The molecule has 0 radical (unpaired) electrons. The van der Waals surface area contributed by atoms with E-state index in [1.165, 1.54) is 10.4 Å². The average Bonchev–Trinajstić information content (AvgIpc) is 2.85. The fourth-order valence-electron chi connectivity index (χ4n) is 2.75. The van der Waals surface area contributed by atoms with Crippen LogP contribution in [0.4, 0.5) is 5.82 Å². The summed E-state index contributed by atoms with van der Waals surface area (Å²) in [4.78, 5) is 7.94. The van der Waals surface area contributed by atoms with Crippen LogP contribution in [-0.4, -0.2) is 28.9 Å². The second-order valence-corrected chi connectivity index (χ2v) is 6.93. The van der Waals surface area contributed by atoms with Gasteiger partial charge in [0.2, 0.25) is 0 Å². The van der Waals surface area contributed by atoms with Crippen molar-refractivity contribution in [1.82, 2.24) is 20.1 Å². The summed E-state index contributed by atoms with van der Waals surface area (Å²) < 4.78 is 1.94. The van der Waals surface area contributed by atoms with Crippen molar-refractivity contribution in [3.63, 3.8) is 0 Å². The maximum absolute atomic E-state index is 4.53. The highest BCUT2D eigenvalue weighted by Crippen LogP contribution is 2.26. The molecule has 116 valence electrons. The summed E-state index contributed by atoms with van der Waals surface area (Å²) in [5, 5.41) is 9.27. The Balaban J connectivity index is 2.15. The molecule has 5 nitrogen and oxygen atoms in total. The van der Waals surface area contributed by atoms with Gasteiger partial charge in [-0.2, -0.15) is 5.10 Å². The number of aromatic nitrogens is 3. The monoisotopic (exact) mass is 307 g/mol. The van der Waals surface area contributed by atoms with Gasteiger partial charge in [-0.25, -0.2) is 4.98 Å². The van der Waals surface area contributed by atoms with E-state index in [4.69, 9.17) is 0 Å². The van der Waals surface area contributed by atoms with Crippen molar-refractivity contribution in [2.45, 2.75) is 40.3 Å². The Bertz CT molecular complexity index is 626. The number of nitrogens with zero attached hydrogens (tertiary/aromatic N) is 4. The molecule has 0 saturated heterocycles. The van der Waals surface area contributed by atoms with E-state index in [9.17, 15) is 0 Å². The summed E-state index contributed by atoms with van der Waals surface area (Å²) in [6.45, 7) is 9.21.